The lowest BCUT2D eigenvalue weighted by Gasteiger charge is -2.19. The summed E-state index contributed by atoms with van der Waals surface area (Å²) in [7, 11) is 0. The molecule has 3 rings (SSSR count). The first kappa shape index (κ1) is 17.6. The van der Waals surface area contributed by atoms with E-state index in [9.17, 15) is 14.9 Å². The number of non-ortho nitro benzene ring substituents is 1. The molecule has 0 spiro atoms. The van der Waals surface area contributed by atoms with Crippen LogP contribution in [-0.4, -0.2) is 30.1 Å². The molecule has 134 valence electrons. The average Bonchev–Trinajstić information content (AvgIpc) is 3.17. The quantitative estimate of drug-likeness (QED) is 0.492. The molecule has 0 bridgehead atoms. The van der Waals surface area contributed by atoms with Crippen molar-refractivity contribution >= 4 is 23.5 Å². The minimum atomic E-state index is -0.431. The molecule has 2 aromatic carbocycles. The van der Waals surface area contributed by atoms with Gasteiger partial charge < -0.3 is 4.90 Å². The number of hydrogen-bond donors (Lipinski definition) is 1. The molecule has 0 saturated carbocycles. The number of nitrogens with one attached hydrogen (secondary N) is 1. The minimum Gasteiger partial charge on any atom is -0.371 e. The first-order chi connectivity index (χ1) is 12.6. The van der Waals surface area contributed by atoms with Gasteiger partial charge in [-0.1, -0.05) is 30.3 Å². The number of amides is 1. The fourth-order valence-electron chi connectivity index (χ4n) is 3.00. The number of nitro benzene ring substituents is 1. The molecule has 1 amide bonds. The average molecular weight is 352 g/mol. The van der Waals surface area contributed by atoms with Gasteiger partial charge in [-0.15, -0.1) is 0 Å². The molecule has 1 N–H and O–H groups in total. The van der Waals surface area contributed by atoms with Gasteiger partial charge in [0.15, 0.2) is 0 Å². The van der Waals surface area contributed by atoms with Crippen molar-refractivity contribution in [2.75, 3.05) is 18.0 Å². The number of carbonyl (C=O) groups excluding carboxylic acids is 1. The zero-order valence-corrected chi connectivity index (χ0v) is 14.3. The van der Waals surface area contributed by atoms with Crippen LogP contribution in [0.4, 0.5) is 11.4 Å². The molecule has 1 heterocycles. The number of nitro groups is 1. The Balaban J connectivity index is 1.72. The molecule has 0 radical (unpaired) electrons. The summed E-state index contributed by atoms with van der Waals surface area (Å²) in [6.07, 6.45) is 3.90. The third kappa shape index (κ3) is 4.44. The van der Waals surface area contributed by atoms with Gasteiger partial charge in [0, 0.05) is 36.5 Å². The number of hydrazone groups is 1. The van der Waals surface area contributed by atoms with Crippen molar-refractivity contribution < 1.29 is 9.72 Å². The molecule has 1 saturated heterocycles. The van der Waals surface area contributed by atoms with E-state index in [1.807, 2.05) is 30.3 Å². The van der Waals surface area contributed by atoms with E-state index < -0.39 is 4.92 Å². The zero-order chi connectivity index (χ0) is 18.4. The zero-order valence-electron chi connectivity index (χ0n) is 14.3. The minimum absolute atomic E-state index is 0.00464. The van der Waals surface area contributed by atoms with E-state index in [0.717, 1.165) is 37.2 Å². The van der Waals surface area contributed by atoms with Crippen LogP contribution in [0.2, 0.25) is 0 Å². The lowest BCUT2D eigenvalue weighted by molar-refractivity contribution is -0.384. The van der Waals surface area contributed by atoms with Crippen LogP contribution >= 0.6 is 0 Å². The number of carbonyl (C=O) groups is 1. The van der Waals surface area contributed by atoms with Gasteiger partial charge in [-0.3, -0.25) is 14.9 Å². The topological polar surface area (TPSA) is 87.8 Å². The van der Waals surface area contributed by atoms with E-state index in [0.29, 0.717) is 5.56 Å². The van der Waals surface area contributed by atoms with Gasteiger partial charge in [0.05, 0.1) is 17.6 Å². The van der Waals surface area contributed by atoms with E-state index in [2.05, 4.69) is 15.4 Å². The van der Waals surface area contributed by atoms with E-state index in [-0.39, 0.29) is 18.0 Å². The highest BCUT2D eigenvalue weighted by atomic mass is 16.6. The van der Waals surface area contributed by atoms with Crippen molar-refractivity contribution in [1.82, 2.24) is 5.43 Å². The molecule has 26 heavy (non-hydrogen) atoms. The largest absolute Gasteiger partial charge is 0.371 e. The van der Waals surface area contributed by atoms with Crippen LogP contribution in [0.15, 0.2) is 53.6 Å². The summed E-state index contributed by atoms with van der Waals surface area (Å²) in [5, 5.41) is 15.0. The third-order valence-electron chi connectivity index (χ3n) is 4.27. The molecular weight excluding hydrogens is 332 g/mol. The SMILES string of the molecule is O=C(Cc1ccccc1)N/N=C\c1cc([N+](=O)[O-])ccc1N1CCCC1. The van der Waals surface area contributed by atoms with Crippen LogP contribution < -0.4 is 10.3 Å². The van der Waals surface area contributed by atoms with Gasteiger partial charge in [0.2, 0.25) is 5.91 Å². The molecule has 0 unspecified atom stereocenters. The predicted molar refractivity (Wildman–Crippen MR) is 100 cm³/mol. The van der Waals surface area contributed by atoms with Crippen LogP contribution in [0.3, 0.4) is 0 Å². The van der Waals surface area contributed by atoms with Gasteiger partial charge >= 0.3 is 0 Å². The molecule has 7 nitrogen and oxygen atoms in total. The third-order valence-corrected chi connectivity index (χ3v) is 4.27. The second-order valence-corrected chi connectivity index (χ2v) is 6.15. The lowest BCUT2D eigenvalue weighted by Crippen LogP contribution is -2.21. The molecule has 1 aliphatic rings. The summed E-state index contributed by atoms with van der Waals surface area (Å²) in [5.74, 6) is -0.236. The van der Waals surface area contributed by atoms with Crippen LogP contribution in [0.25, 0.3) is 0 Å². The smallest absolute Gasteiger partial charge is 0.270 e. The Labute approximate surface area is 151 Å². The van der Waals surface area contributed by atoms with Gasteiger partial charge in [-0.2, -0.15) is 5.10 Å². The number of benzene rings is 2. The Morgan fingerprint density at radius 3 is 2.62 bits per heavy atom. The monoisotopic (exact) mass is 352 g/mol. The van der Waals surface area contributed by atoms with Crippen molar-refractivity contribution in [3.8, 4) is 0 Å². The Kier molecular flexibility index (Phi) is 5.58. The molecule has 0 aromatic heterocycles. The van der Waals surface area contributed by atoms with Crippen molar-refractivity contribution in [2.45, 2.75) is 19.3 Å². The Morgan fingerprint density at radius 1 is 1.19 bits per heavy atom. The number of rotatable bonds is 6. The molecular formula is C19H20N4O3. The number of nitrogens with zero attached hydrogens (tertiary/aromatic N) is 3. The van der Waals surface area contributed by atoms with Crippen molar-refractivity contribution in [3.05, 3.63) is 69.8 Å². The van der Waals surface area contributed by atoms with Gasteiger partial charge in [-0.25, -0.2) is 5.43 Å². The van der Waals surface area contributed by atoms with Crippen LogP contribution in [0, 0.1) is 10.1 Å². The molecule has 1 aliphatic heterocycles. The molecule has 7 heteroatoms. The second kappa shape index (κ2) is 8.24. The molecule has 0 aliphatic carbocycles. The van der Waals surface area contributed by atoms with E-state index in [1.165, 1.54) is 18.3 Å². The van der Waals surface area contributed by atoms with Crippen molar-refractivity contribution in [3.63, 3.8) is 0 Å². The van der Waals surface area contributed by atoms with Crippen molar-refractivity contribution in [1.29, 1.82) is 0 Å². The number of hydrogen-bond acceptors (Lipinski definition) is 5. The van der Waals surface area contributed by atoms with Crippen molar-refractivity contribution in [2.24, 2.45) is 5.10 Å². The van der Waals surface area contributed by atoms with Crippen LogP contribution in [0.1, 0.15) is 24.0 Å². The fraction of sp³-hybridized carbons (Fsp3) is 0.263. The van der Waals surface area contributed by atoms with E-state index >= 15 is 0 Å². The van der Waals surface area contributed by atoms with E-state index in [1.54, 1.807) is 6.07 Å². The molecule has 2 aromatic rings. The van der Waals surface area contributed by atoms with Crippen LogP contribution in [-0.2, 0) is 11.2 Å². The highest BCUT2D eigenvalue weighted by Crippen LogP contribution is 2.27. The second-order valence-electron chi connectivity index (χ2n) is 6.15. The van der Waals surface area contributed by atoms with Crippen LogP contribution in [0.5, 0.6) is 0 Å². The number of anilines is 1. The summed E-state index contributed by atoms with van der Waals surface area (Å²) >= 11 is 0. The summed E-state index contributed by atoms with van der Waals surface area (Å²) in [6.45, 7) is 1.83. The van der Waals surface area contributed by atoms with Gasteiger partial charge in [0.25, 0.3) is 5.69 Å². The summed E-state index contributed by atoms with van der Waals surface area (Å²) in [5.41, 5.74) is 4.91. The highest BCUT2D eigenvalue weighted by Gasteiger charge is 2.17. The molecule has 0 atom stereocenters. The summed E-state index contributed by atoms with van der Waals surface area (Å²) in [6, 6.07) is 14.1. The summed E-state index contributed by atoms with van der Waals surface area (Å²) < 4.78 is 0. The lowest BCUT2D eigenvalue weighted by atomic mass is 10.1. The van der Waals surface area contributed by atoms with Gasteiger partial charge in [-0.05, 0) is 24.5 Å². The molecule has 1 fully saturated rings. The Hall–Kier alpha value is -3.22. The highest BCUT2D eigenvalue weighted by molar-refractivity contribution is 5.90. The first-order valence-corrected chi connectivity index (χ1v) is 8.53. The maximum Gasteiger partial charge on any atom is 0.270 e. The van der Waals surface area contributed by atoms with Gasteiger partial charge in [0.1, 0.15) is 0 Å². The fourth-order valence-corrected chi connectivity index (χ4v) is 3.00. The Morgan fingerprint density at radius 2 is 1.92 bits per heavy atom. The summed E-state index contributed by atoms with van der Waals surface area (Å²) in [4.78, 5) is 24.8. The normalized spacial score (nSPS) is 13.9. The predicted octanol–water partition coefficient (Wildman–Crippen LogP) is 2.89. The Bertz CT molecular complexity index is 815. The van der Waals surface area contributed by atoms with E-state index in [4.69, 9.17) is 0 Å². The first-order valence-electron chi connectivity index (χ1n) is 8.53. The maximum absolute atomic E-state index is 12.0. The standard InChI is InChI=1S/C19H20N4O3/c24-19(12-15-6-2-1-3-7-15)21-20-14-16-13-17(23(25)26)8-9-18(16)22-10-4-5-11-22/h1-3,6-9,13-14H,4-5,10-12H2,(H,21,24)/b20-14-. The maximum atomic E-state index is 12.0.